The molecule has 0 spiro atoms. The van der Waals surface area contributed by atoms with Crippen LogP contribution in [0.5, 0.6) is 0 Å². The largest absolute Gasteiger partial charge is 0.373 e. The van der Waals surface area contributed by atoms with Gasteiger partial charge in [-0.1, -0.05) is 29.5 Å². The van der Waals surface area contributed by atoms with Gasteiger partial charge in [0.25, 0.3) is 4.96 Å². The maximum Gasteiger partial charge on any atom is 0.373 e. The summed E-state index contributed by atoms with van der Waals surface area (Å²) in [5.41, 5.74) is 0.737. The van der Waals surface area contributed by atoms with Gasteiger partial charge in [-0.15, -0.1) is 0 Å². The first-order chi connectivity index (χ1) is 13.1. The molecule has 0 atom stereocenters. The van der Waals surface area contributed by atoms with E-state index in [4.69, 9.17) is 0 Å². The molecule has 1 aliphatic rings. The van der Waals surface area contributed by atoms with E-state index >= 15 is 0 Å². The van der Waals surface area contributed by atoms with Gasteiger partial charge in [0, 0.05) is 30.2 Å². The number of fused-ring (bicyclic) bond motifs is 1. The minimum atomic E-state index is -0.389. The van der Waals surface area contributed by atoms with Crippen LogP contribution in [0.4, 0.5) is 22.1 Å². The summed E-state index contributed by atoms with van der Waals surface area (Å²) < 4.78 is 1.51. The minimum Gasteiger partial charge on any atom is -0.358 e. The van der Waals surface area contributed by atoms with Gasteiger partial charge in [-0.2, -0.15) is 9.38 Å². The molecule has 3 aromatic rings. The summed E-state index contributed by atoms with van der Waals surface area (Å²) in [6.45, 7) is 1.20. The lowest BCUT2D eigenvalue weighted by Gasteiger charge is -2.32. The number of anilines is 2. The summed E-state index contributed by atoms with van der Waals surface area (Å²) in [4.78, 5) is 30.2. The Hall–Kier alpha value is -3.14. The van der Waals surface area contributed by atoms with Crippen LogP contribution in [0.25, 0.3) is 4.96 Å². The Labute approximate surface area is 158 Å². The maximum atomic E-state index is 12.1. The van der Waals surface area contributed by atoms with Crippen LogP contribution in [0.1, 0.15) is 12.8 Å². The summed E-state index contributed by atoms with van der Waals surface area (Å²) in [6.07, 6.45) is 3.06. The smallest absolute Gasteiger partial charge is 0.358 e. The minimum absolute atomic E-state index is 0.000482. The standard InChI is InChI=1S/C17H18N6O3S/c24-16(18-12-4-2-1-3-5-12)19-13-6-8-21(9-7-13)14-15(23(25)26)22-10-11-27-17(22)20-14/h1-5,10-11,13H,6-9H2,(H2,18,19,24). The highest BCUT2D eigenvalue weighted by Crippen LogP contribution is 2.32. The van der Waals surface area contributed by atoms with Crippen LogP contribution >= 0.6 is 11.3 Å². The molecule has 1 aromatic carbocycles. The third kappa shape index (κ3) is 3.56. The molecule has 0 radical (unpaired) electrons. The Morgan fingerprint density at radius 2 is 2.00 bits per heavy atom. The normalized spacial score (nSPS) is 15.0. The number of aromatic nitrogens is 2. The van der Waals surface area contributed by atoms with Crippen molar-refractivity contribution in [3.63, 3.8) is 0 Å². The lowest BCUT2D eigenvalue weighted by atomic mass is 10.1. The zero-order valence-corrected chi connectivity index (χ0v) is 15.2. The molecule has 10 heteroatoms. The zero-order chi connectivity index (χ0) is 18.8. The number of nitrogens with one attached hydrogen (secondary N) is 2. The molecule has 140 valence electrons. The molecule has 4 rings (SSSR count). The zero-order valence-electron chi connectivity index (χ0n) is 14.4. The Bertz CT molecular complexity index is 962. The van der Waals surface area contributed by atoms with Crippen molar-refractivity contribution in [2.45, 2.75) is 18.9 Å². The van der Waals surface area contributed by atoms with E-state index in [1.165, 1.54) is 15.7 Å². The van der Waals surface area contributed by atoms with Gasteiger partial charge in [0.2, 0.25) is 5.82 Å². The Balaban J connectivity index is 1.38. The molecule has 1 aliphatic heterocycles. The van der Waals surface area contributed by atoms with Crippen LogP contribution in [0.3, 0.4) is 0 Å². The van der Waals surface area contributed by atoms with Crippen LogP contribution < -0.4 is 15.5 Å². The molecular weight excluding hydrogens is 368 g/mol. The first kappa shape index (κ1) is 17.3. The summed E-state index contributed by atoms with van der Waals surface area (Å²) in [5, 5.41) is 19.0. The number of hydrogen-bond acceptors (Lipinski definition) is 6. The summed E-state index contributed by atoms with van der Waals surface area (Å²) in [6, 6.07) is 9.03. The van der Waals surface area contributed by atoms with Gasteiger partial charge in [0.05, 0.1) is 0 Å². The van der Waals surface area contributed by atoms with E-state index in [-0.39, 0.29) is 22.8 Å². The molecule has 27 heavy (non-hydrogen) atoms. The van der Waals surface area contributed by atoms with Crippen molar-refractivity contribution >= 4 is 39.7 Å². The van der Waals surface area contributed by atoms with E-state index < -0.39 is 0 Å². The van der Waals surface area contributed by atoms with Crippen molar-refractivity contribution < 1.29 is 9.72 Å². The molecule has 9 nitrogen and oxygen atoms in total. The third-order valence-electron chi connectivity index (χ3n) is 4.55. The van der Waals surface area contributed by atoms with Gasteiger partial charge in [-0.05, 0) is 29.9 Å². The number of hydrogen-bond donors (Lipinski definition) is 2. The number of thiazole rings is 1. The SMILES string of the molecule is O=C(Nc1ccccc1)NC1CCN(c2nc3sccn3c2[N+](=O)[O-])CC1. The maximum absolute atomic E-state index is 12.1. The topological polar surface area (TPSA) is 105 Å². The lowest BCUT2D eigenvalue weighted by Crippen LogP contribution is -2.46. The first-order valence-corrected chi connectivity index (χ1v) is 9.47. The van der Waals surface area contributed by atoms with Crippen LogP contribution in [0.15, 0.2) is 41.9 Å². The van der Waals surface area contributed by atoms with Crippen LogP contribution in [-0.4, -0.2) is 39.5 Å². The summed E-state index contributed by atoms with van der Waals surface area (Å²) in [7, 11) is 0. The van der Waals surface area contributed by atoms with Gasteiger partial charge in [0.1, 0.15) is 6.20 Å². The molecule has 2 aromatic heterocycles. The van der Waals surface area contributed by atoms with Crippen molar-refractivity contribution in [1.82, 2.24) is 14.7 Å². The number of carbonyl (C=O) groups is 1. The first-order valence-electron chi connectivity index (χ1n) is 8.59. The number of urea groups is 1. The van der Waals surface area contributed by atoms with E-state index in [0.29, 0.717) is 36.7 Å². The number of nitro groups is 1. The van der Waals surface area contributed by atoms with E-state index in [1.54, 1.807) is 11.6 Å². The number of rotatable bonds is 4. The second-order valence-electron chi connectivity index (χ2n) is 6.30. The fourth-order valence-corrected chi connectivity index (χ4v) is 3.96. The fourth-order valence-electron chi connectivity index (χ4n) is 3.25. The molecule has 1 saturated heterocycles. The highest BCUT2D eigenvalue weighted by atomic mass is 32.1. The molecule has 0 unspecified atom stereocenters. The van der Waals surface area contributed by atoms with Crippen molar-refractivity contribution in [2.75, 3.05) is 23.3 Å². The molecule has 0 saturated carbocycles. The van der Waals surface area contributed by atoms with Crippen molar-refractivity contribution in [2.24, 2.45) is 0 Å². The number of carbonyl (C=O) groups excluding carboxylic acids is 1. The summed E-state index contributed by atoms with van der Waals surface area (Å²) in [5.74, 6) is 0.401. The second kappa shape index (κ2) is 7.23. The predicted molar refractivity (Wildman–Crippen MR) is 104 cm³/mol. The van der Waals surface area contributed by atoms with Crippen molar-refractivity contribution in [1.29, 1.82) is 0 Å². The van der Waals surface area contributed by atoms with Crippen LogP contribution in [0, 0.1) is 10.1 Å². The highest BCUT2D eigenvalue weighted by molar-refractivity contribution is 7.15. The predicted octanol–water partition coefficient (Wildman–Crippen LogP) is 3.09. The third-order valence-corrected chi connectivity index (χ3v) is 5.31. The second-order valence-corrected chi connectivity index (χ2v) is 7.17. The fraction of sp³-hybridized carbons (Fsp3) is 0.294. The van der Waals surface area contributed by atoms with Gasteiger partial charge in [-0.3, -0.25) is 0 Å². The average molecular weight is 386 g/mol. The molecular formula is C17H18N6O3S. The molecule has 2 amide bonds. The Morgan fingerprint density at radius 1 is 1.26 bits per heavy atom. The number of amides is 2. The van der Waals surface area contributed by atoms with Gasteiger partial charge in [0.15, 0.2) is 0 Å². The van der Waals surface area contributed by atoms with Gasteiger partial charge >= 0.3 is 11.8 Å². The van der Waals surface area contributed by atoms with Crippen LogP contribution in [-0.2, 0) is 0 Å². The Kier molecular flexibility index (Phi) is 4.63. The highest BCUT2D eigenvalue weighted by Gasteiger charge is 2.30. The average Bonchev–Trinajstić information content (AvgIpc) is 3.23. The lowest BCUT2D eigenvalue weighted by molar-refractivity contribution is -0.389. The number of piperidine rings is 1. The van der Waals surface area contributed by atoms with Crippen LogP contribution in [0.2, 0.25) is 0 Å². The molecule has 1 fully saturated rings. The number of benzene rings is 1. The van der Waals surface area contributed by atoms with E-state index in [9.17, 15) is 14.9 Å². The quantitative estimate of drug-likeness (QED) is 0.530. The van der Waals surface area contributed by atoms with E-state index in [2.05, 4.69) is 15.6 Å². The van der Waals surface area contributed by atoms with E-state index in [0.717, 1.165) is 5.69 Å². The molecule has 3 heterocycles. The molecule has 0 bridgehead atoms. The molecule has 2 N–H and O–H groups in total. The summed E-state index contributed by atoms with van der Waals surface area (Å²) >= 11 is 1.37. The monoisotopic (exact) mass is 386 g/mol. The Morgan fingerprint density at radius 3 is 2.70 bits per heavy atom. The number of para-hydroxylation sites is 1. The van der Waals surface area contributed by atoms with Crippen molar-refractivity contribution in [3.8, 4) is 0 Å². The number of imidazole rings is 1. The van der Waals surface area contributed by atoms with Gasteiger partial charge in [-0.25, -0.2) is 4.79 Å². The molecule has 0 aliphatic carbocycles. The number of nitrogens with zero attached hydrogens (tertiary/aromatic N) is 4. The van der Waals surface area contributed by atoms with Gasteiger partial charge < -0.3 is 25.6 Å². The van der Waals surface area contributed by atoms with Crippen molar-refractivity contribution in [3.05, 3.63) is 52.0 Å². The van der Waals surface area contributed by atoms with E-state index in [1.807, 2.05) is 35.2 Å².